The van der Waals surface area contributed by atoms with Gasteiger partial charge in [0.1, 0.15) is 5.75 Å². The van der Waals surface area contributed by atoms with Gasteiger partial charge in [-0.2, -0.15) is 9.78 Å². The number of fused-ring (bicyclic) bond motifs is 1. The van der Waals surface area contributed by atoms with Gasteiger partial charge < -0.3 is 18.9 Å². The number of ether oxygens (including phenoxy) is 4. The number of methoxy groups -OCH3 is 2. The smallest absolute Gasteiger partial charge is 0.344 e. The molecule has 0 atom stereocenters. The van der Waals surface area contributed by atoms with Crippen molar-refractivity contribution < 1.29 is 23.7 Å². The number of rotatable bonds is 10. The van der Waals surface area contributed by atoms with E-state index in [9.17, 15) is 9.59 Å². The van der Waals surface area contributed by atoms with Crippen LogP contribution in [0.1, 0.15) is 43.4 Å². The van der Waals surface area contributed by atoms with Crippen LogP contribution < -0.4 is 19.8 Å². The lowest BCUT2D eigenvalue weighted by Crippen LogP contribution is -2.20. The Bertz CT molecular complexity index is 1620. The van der Waals surface area contributed by atoms with Gasteiger partial charge in [-0.05, 0) is 78.9 Å². The maximum atomic E-state index is 13.7. The van der Waals surface area contributed by atoms with Crippen molar-refractivity contribution >= 4 is 23.1 Å². The van der Waals surface area contributed by atoms with E-state index >= 15 is 0 Å². The number of aromatic nitrogens is 2. The van der Waals surface area contributed by atoms with E-state index in [4.69, 9.17) is 23.9 Å². The predicted molar refractivity (Wildman–Crippen MR) is 155 cm³/mol. The zero-order valence-electron chi connectivity index (χ0n) is 23.6. The summed E-state index contributed by atoms with van der Waals surface area (Å²) >= 11 is 0. The van der Waals surface area contributed by atoms with Crippen molar-refractivity contribution in [1.82, 2.24) is 9.66 Å². The Morgan fingerprint density at radius 1 is 1.02 bits per heavy atom. The number of carbonyl (C=O) groups is 1. The van der Waals surface area contributed by atoms with Crippen molar-refractivity contribution in [2.45, 2.75) is 33.6 Å². The first-order chi connectivity index (χ1) is 19.3. The molecule has 0 unspecified atom stereocenters. The van der Waals surface area contributed by atoms with Crippen molar-refractivity contribution in [2.24, 2.45) is 5.10 Å². The van der Waals surface area contributed by atoms with Crippen LogP contribution in [0.2, 0.25) is 0 Å². The summed E-state index contributed by atoms with van der Waals surface area (Å²) in [5.41, 5.74) is 3.63. The van der Waals surface area contributed by atoms with Gasteiger partial charge in [0.2, 0.25) is 0 Å². The first kappa shape index (κ1) is 28.4. The molecular formula is C31H33N3O6. The molecule has 40 heavy (non-hydrogen) atoms. The summed E-state index contributed by atoms with van der Waals surface area (Å²) in [7, 11) is 3.15. The molecule has 0 radical (unpaired) electrons. The van der Waals surface area contributed by atoms with Crippen LogP contribution in [0, 0.1) is 6.92 Å². The Kier molecular flexibility index (Phi) is 8.83. The third-order valence-electron chi connectivity index (χ3n) is 6.35. The first-order valence-electron chi connectivity index (χ1n) is 13.0. The molecule has 0 saturated heterocycles. The van der Waals surface area contributed by atoms with E-state index in [-0.39, 0.29) is 24.7 Å². The number of esters is 1. The van der Waals surface area contributed by atoms with E-state index in [1.807, 2.05) is 31.2 Å². The van der Waals surface area contributed by atoms with Crippen molar-refractivity contribution in [1.29, 1.82) is 0 Å². The van der Waals surface area contributed by atoms with Crippen LogP contribution in [0.5, 0.6) is 17.2 Å². The summed E-state index contributed by atoms with van der Waals surface area (Å²) in [6.45, 7) is 7.89. The zero-order valence-corrected chi connectivity index (χ0v) is 23.6. The van der Waals surface area contributed by atoms with Gasteiger partial charge in [-0.3, -0.25) is 4.79 Å². The largest absolute Gasteiger partial charge is 0.496 e. The van der Waals surface area contributed by atoms with E-state index in [2.05, 4.69) is 18.9 Å². The lowest BCUT2D eigenvalue weighted by Gasteiger charge is -2.17. The van der Waals surface area contributed by atoms with E-state index in [1.165, 1.54) is 11.8 Å². The molecule has 0 saturated carbocycles. The number of hydrogen-bond acceptors (Lipinski definition) is 8. The summed E-state index contributed by atoms with van der Waals surface area (Å²) in [6, 6.07) is 16.3. The van der Waals surface area contributed by atoms with E-state index in [1.54, 1.807) is 50.6 Å². The normalized spacial score (nSPS) is 11.3. The third-order valence-corrected chi connectivity index (χ3v) is 6.35. The minimum atomic E-state index is -0.472. The highest BCUT2D eigenvalue weighted by Crippen LogP contribution is 2.34. The average Bonchev–Trinajstić information content (AvgIpc) is 2.95. The molecule has 3 aromatic carbocycles. The minimum absolute atomic E-state index is 0.190. The first-order valence-corrected chi connectivity index (χ1v) is 13.0. The summed E-state index contributed by atoms with van der Waals surface area (Å²) < 4.78 is 22.8. The van der Waals surface area contributed by atoms with Crippen LogP contribution in [-0.2, 0) is 9.53 Å². The zero-order chi connectivity index (χ0) is 28.8. The van der Waals surface area contributed by atoms with Gasteiger partial charge in [0.05, 0.1) is 37.9 Å². The fourth-order valence-electron chi connectivity index (χ4n) is 4.32. The second-order valence-corrected chi connectivity index (χ2v) is 9.38. The molecule has 0 aliphatic carbocycles. The maximum Gasteiger partial charge on any atom is 0.344 e. The molecule has 0 aliphatic rings. The molecule has 9 nitrogen and oxygen atoms in total. The summed E-state index contributed by atoms with van der Waals surface area (Å²) in [6.07, 6.45) is 1.56. The Labute approximate surface area is 233 Å². The highest BCUT2D eigenvalue weighted by Gasteiger charge is 2.18. The van der Waals surface area contributed by atoms with Crippen molar-refractivity contribution in [3.8, 4) is 28.6 Å². The SMILES string of the molecule is CCOC(=O)COc1ccc(C=Nn2c(-c3cc(C(C)C)c(OC)cc3C)nc3ccccc3c2=O)cc1OC. The number of para-hydroxylation sites is 1. The molecule has 0 spiro atoms. The van der Waals surface area contributed by atoms with Crippen LogP contribution in [0.25, 0.3) is 22.3 Å². The number of benzene rings is 3. The molecule has 0 fully saturated rings. The molecule has 0 bridgehead atoms. The summed E-state index contributed by atoms with van der Waals surface area (Å²) in [4.78, 5) is 30.2. The molecule has 4 aromatic rings. The molecule has 9 heteroatoms. The van der Waals surface area contributed by atoms with Crippen LogP contribution in [-0.4, -0.2) is 49.3 Å². The third kappa shape index (κ3) is 5.98. The summed E-state index contributed by atoms with van der Waals surface area (Å²) in [5.74, 6) is 1.71. The van der Waals surface area contributed by atoms with Crippen molar-refractivity contribution in [3.05, 3.63) is 81.6 Å². The van der Waals surface area contributed by atoms with Crippen LogP contribution in [0.4, 0.5) is 0 Å². The minimum Gasteiger partial charge on any atom is -0.496 e. The lowest BCUT2D eigenvalue weighted by atomic mass is 9.96. The lowest BCUT2D eigenvalue weighted by molar-refractivity contribution is -0.145. The Balaban J connectivity index is 1.81. The number of nitrogens with zero attached hydrogens (tertiary/aromatic N) is 3. The number of carbonyl (C=O) groups excluding carboxylic acids is 1. The monoisotopic (exact) mass is 543 g/mol. The Hall–Kier alpha value is -4.66. The molecule has 208 valence electrons. The van der Waals surface area contributed by atoms with E-state index in [0.29, 0.717) is 33.8 Å². The highest BCUT2D eigenvalue weighted by molar-refractivity contribution is 5.83. The van der Waals surface area contributed by atoms with Crippen molar-refractivity contribution in [2.75, 3.05) is 27.4 Å². The van der Waals surface area contributed by atoms with Crippen LogP contribution in [0.3, 0.4) is 0 Å². The van der Waals surface area contributed by atoms with Gasteiger partial charge in [-0.15, -0.1) is 0 Å². The van der Waals surface area contributed by atoms with Gasteiger partial charge in [0, 0.05) is 5.56 Å². The fraction of sp³-hybridized carbons (Fsp3) is 0.290. The highest BCUT2D eigenvalue weighted by atomic mass is 16.6. The second-order valence-electron chi connectivity index (χ2n) is 9.38. The van der Waals surface area contributed by atoms with Gasteiger partial charge in [0.15, 0.2) is 23.9 Å². The topological polar surface area (TPSA) is 101 Å². The second kappa shape index (κ2) is 12.5. The quantitative estimate of drug-likeness (QED) is 0.197. The molecule has 0 aliphatic heterocycles. The maximum absolute atomic E-state index is 13.7. The number of hydrogen-bond donors (Lipinski definition) is 0. The molecule has 1 aromatic heterocycles. The average molecular weight is 544 g/mol. The van der Waals surface area contributed by atoms with Crippen molar-refractivity contribution in [3.63, 3.8) is 0 Å². The van der Waals surface area contributed by atoms with Gasteiger partial charge in [-0.25, -0.2) is 9.78 Å². The molecule has 1 heterocycles. The molecule has 0 amide bonds. The van der Waals surface area contributed by atoms with Gasteiger partial charge in [-0.1, -0.05) is 26.0 Å². The van der Waals surface area contributed by atoms with Crippen LogP contribution in [0.15, 0.2) is 64.5 Å². The van der Waals surface area contributed by atoms with Gasteiger partial charge >= 0.3 is 5.97 Å². The van der Waals surface area contributed by atoms with Gasteiger partial charge in [0.25, 0.3) is 5.56 Å². The van der Waals surface area contributed by atoms with E-state index < -0.39 is 5.97 Å². The molecular weight excluding hydrogens is 510 g/mol. The number of aryl methyl sites for hydroxylation is 1. The Morgan fingerprint density at radius 3 is 2.48 bits per heavy atom. The predicted octanol–water partition coefficient (Wildman–Crippen LogP) is 5.34. The summed E-state index contributed by atoms with van der Waals surface area (Å²) in [5, 5.41) is 5.04. The molecule has 4 rings (SSSR count). The fourth-order valence-corrected chi connectivity index (χ4v) is 4.32. The standard InChI is InChI=1S/C31H33N3O6/c1-7-39-29(35)18-40-26-13-12-21(15-28(26)38-6)17-32-34-30(33-25-11-9-8-10-22(25)31(34)36)24-16-23(19(2)3)27(37-5)14-20(24)4/h8-17,19H,7,18H2,1-6H3. The van der Waals surface area contributed by atoms with E-state index in [0.717, 1.165) is 22.4 Å². The Morgan fingerprint density at radius 2 is 1.77 bits per heavy atom. The van der Waals surface area contributed by atoms with Crippen LogP contribution >= 0.6 is 0 Å². The molecule has 0 N–H and O–H groups in total.